The topological polar surface area (TPSA) is 0 Å². The van der Waals surface area contributed by atoms with Gasteiger partial charge in [0, 0.05) is 21.7 Å². The molecule has 0 amide bonds. The summed E-state index contributed by atoms with van der Waals surface area (Å²) in [6.45, 7) is 0. The third-order valence-electron chi connectivity index (χ3n) is 5.41. The third-order valence-corrected chi connectivity index (χ3v) is 5.41. The van der Waals surface area contributed by atoms with Crippen molar-refractivity contribution in [1.82, 2.24) is 0 Å². The Morgan fingerprint density at radius 2 is 0.556 bits per heavy atom. The van der Waals surface area contributed by atoms with Crippen molar-refractivity contribution < 1.29 is 21.7 Å². The van der Waals surface area contributed by atoms with Crippen LogP contribution in [0.5, 0.6) is 0 Å². The van der Waals surface area contributed by atoms with Gasteiger partial charge >= 0.3 is 0 Å². The van der Waals surface area contributed by atoms with Crippen molar-refractivity contribution in [2.75, 3.05) is 0 Å². The zero-order valence-corrected chi connectivity index (χ0v) is 16.7. The third kappa shape index (κ3) is 3.32. The van der Waals surface area contributed by atoms with Crippen LogP contribution in [0.3, 0.4) is 0 Å². The van der Waals surface area contributed by atoms with E-state index in [2.05, 4.69) is 97.1 Å². The van der Waals surface area contributed by atoms with Gasteiger partial charge in [-0.25, -0.2) is 0 Å². The summed E-state index contributed by atoms with van der Waals surface area (Å²) in [5.74, 6) is 0. The minimum Gasteiger partial charge on any atom is -0.0619 e. The molecular weight excluding hydrogens is 360 g/mol. The predicted molar refractivity (Wildman–Crippen MR) is 109 cm³/mol. The molecule has 0 N–H and O–H groups in total. The molecule has 128 valence electrons. The maximum atomic E-state index is 2.22. The van der Waals surface area contributed by atoms with E-state index < -0.39 is 0 Å². The van der Waals surface area contributed by atoms with Crippen LogP contribution in [0.2, 0.25) is 0 Å². The first-order chi connectivity index (χ1) is 12.9. The van der Waals surface area contributed by atoms with Crippen LogP contribution in [0, 0.1) is 0 Å². The van der Waals surface area contributed by atoms with Gasteiger partial charge in [-0.2, -0.15) is 0 Å². The van der Waals surface area contributed by atoms with Gasteiger partial charge in [0.1, 0.15) is 0 Å². The fourth-order valence-corrected chi connectivity index (χ4v) is 4.16. The van der Waals surface area contributed by atoms with Crippen molar-refractivity contribution in [2.24, 2.45) is 0 Å². The van der Waals surface area contributed by atoms with Crippen molar-refractivity contribution in [1.29, 1.82) is 0 Å². The maximum absolute atomic E-state index is 2.22. The summed E-state index contributed by atoms with van der Waals surface area (Å²) in [6, 6.07) is 34.6. The smallest absolute Gasteiger partial charge is 0 e. The first-order valence-electron chi connectivity index (χ1n) is 9.22. The molecule has 0 saturated carbocycles. The fourth-order valence-electron chi connectivity index (χ4n) is 4.16. The average Bonchev–Trinajstić information content (AvgIpc) is 3.27. The Hall–Kier alpha value is -2.41. The van der Waals surface area contributed by atoms with Gasteiger partial charge in [-0.1, -0.05) is 97.1 Å². The van der Waals surface area contributed by atoms with Crippen LogP contribution in [0.15, 0.2) is 97.1 Å². The van der Waals surface area contributed by atoms with Crippen LogP contribution in [-0.2, 0) is 34.6 Å². The second-order valence-corrected chi connectivity index (χ2v) is 6.98. The molecule has 4 aromatic rings. The number of hydrogen-bond acceptors (Lipinski definition) is 0. The normalized spacial score (nSPS) is 11.9. The summed E-state index contributed by atoms with van der Waals surface area (Å²) < 4.78 is 0. The van der Waals surface area contributed by atoms with E-state index in [4.69, 9.17) is 0 Å². The Labute approximate surface area is 175 Å². The second-order valence-electron chi connectivity index (χ2n) is 6.98. The molecule has 0 radical (unpaired) electrons. The Morgan fingerprint density at radius 3 is 0.815 bits per heavy atom. The molecule has 2 aliphatic carbocycles. The predicted octanol–water partition coefficient (Wildman–Crippen LogP) is 6.51. The van der Waals surface area contributed by atoms with Crippen molar-refractivity contribution in [3.63, 3.8) is 0 Å². The first-order valence-corrected chi connectivity index (χ1v) is 9.22. The number of rotatable bonds is 0. The van der Waals surface area contributed by atoms with E-state index in [1.54, 1.807) is 0 Å². The van der Waals surface area contributed by atoms with Crippen molar-refractivity contribution in [3.8, 4) is 22.3 Å². The fraction of sp³-hybridized carbons (Fsp3) is 0.0769. The van der Waals surface area contributed by atoms with E-state index in [-0.39, 0.29) is 21.7 Å². The van der Waals surface area contributed by atoms with E-state index in [1.165, 1.54) is 44.5 Å². The van der Waals surface area contributed by atoms with E-state index in [9.17, 15) is 0 Å². The van der Waals surface area contributed by atoms with Gasteiger partial charge in [0.05, 0.1) is 0 Å². The summed E-state index contributed by atoms with van der Waals surface area (Å²) in [6.07, 6.45) is 2.21. The minimum absolute atomic E-state index is 0. The van der Waals surface area contributed by atoms with Crippen molar-refractivity contribution >= 4 is 0 Å². The van der Waals surface area contributed by atoms with E-state index in [0.29, 0.717) is 0 Å². The molecule has 0 saturated heterocycles. The molecule has 0 nitrogen and oxygen atoms in total. The summed E-state index contributed by atoms with van der Waals surface area (Å²) >= 11 is 0. The Bertz CT molecular complexity index is 918. The first kappa shape index (κ1) is 18.0. The summed E-state index contributed by atoms with van der Waals surface area (Å²) in [5, 5.41) is 0. The Kier molecular flexibility index (Phi) is 5.12. The molecule has 0 spiro atoms. The number of fused-ring (bicyclic) bond motifs is 6. The summed E-state index contributed by atoms with van der Waals surface area (Å²) in [5.41, 5.74) is 11.5. The van der Waals surface area contributed by atoms with Gasteiger partial charge in [0.15, 0.2) is 0 Å². The van der Waals surface area contributed by atoms with Crippen molar-refractivity contribution in [2.45, 2.75) is 12.8 Å². The van der Waals surface area contributed by atoms with Crippen LogP contribution in [-0.4, -0.2) is 0 Å². The van der Waals surface area contributed by atoms with E-state index in [0.717, 1.165) is 12.8 Å². The molecule has 1 heteroatoms. The zero-order valence-electron chi connectivity index (χ0n) is 15.2. The van der Waals surface area contributed by atoms with E-state index in [1.807, 2.05) is 0 Å². The van der Waals surface area contributed by atoms with Crippen LogP contribution >= 0.6 is 0 Å². The molecule has 6 rings (SSSR count). The molecule has 0 bridgehead atoms. The average molecular weight is 380 g/mol. The molecule has 0 heterocycles. The Balaban J connectivity index is 0.000000129. The zero-order chi connectivity index (χ0) is 17.3. The molecule has 0 unspecified atom stereocenters. The van der Waals surface area contributed by atoms with Gasteiger partial charge in [-0.05, 0) is 57.3 Å². The van der Waals surface area contributed by atoms with Gasteiger partial charge in [-0.15, -0.1) is 0 Å². The van der Waals surface area contributed by atoms with Gasteiger partial charge in [-0.3, -0.25) is 0 Å². The molecule has 4 aromatic carbocycles. The van der Waals surface area contributed by atoms with E-state index >= 15 is 0 Å². The van der Waals surface area contributed by atoms with Gasteiger partial charge < -0.3 is 0 Å². The largest absolute Gasteiger partial charge is 0.0619 e. The molecule has 2 aliphatic rings. The number of benzene rings is 4. The maximum Gasteiger partial charge on any atom is 0 e. The van der Waals surface area contributed by atoms with Crippen LogP contribution < -0.4 is 0 Å². The molecule has 0 aromatic heterocycles. The number of hydrogen-bond donors (Lipinski definition) is 0. The van der Waals surface area contributed by atoms with Crippen LogP contribution in [0.25, 0.3) is 22.3 Å². The molecule has 0 fully saturated rings. The summed E-state index contributed by atoms with van der Waals surface area (Å²) in [7, 11) is 0. The second kappa shape index (κ2) is 7.68. The minimum atomic E-state index is 0. The van der Waals surface area contributed by atoms with Gasteiger partial charge in [0.2, 0.25) is 0 Å². The van der Waals surface area contributed by atoms with Crippen LogP contribution in [0.4, 0.5) is 0 Å². The molecule has 0 aliphatic heterocycles. The summed E-state index contributed by atoms with van der Waals surface area (Å²) in [4.78, 5) is 0. The molecule has 0 atom stereocenters. The van der Waals surface area contributed by atoms with Gasteiger partial charge in [0.25, 0.3) is 0 Å². The standard InChI is InChI=1S/2C13H10.Ti/c2*1-3-7-12-10(5-1)9-11-6-2-4-8-13(11)12;/h2*1-8H,9H2;. The molecule has 27 heavy (non-hydrogen) atoms. The Morgan fingerprint density at radius 1 is 0.333 bits per heavy atom. The quantitative estimate of drug-likeness (QED) is 0.263. The monoisotopic (exact) mass is 380 g/mol. The van der Waals surface area contributed by atoms with Crippen LogP contribution in [0.1, 0.15) is 22.3 Å². The van der Waals surface area contributed by atoms with Crippen molar-refractivity contribution in [3.05, 3.63) is 119 Å². The SMILES string of the molecule is [Ti].c1ccc2c(c1)Cc1ccccc1-2.c1ccc2c(c1)Cc1ccccc1-2. The molecular formula is C26H20Ti.